The van der Waals surface area contributed by atoms with Crippen molar-refractivity contribution in [2.45, 2.75) is 46.2 Å². The molecule has 3 aromatic rings. The van der Waals surface area contributed by atoms with Gasteiger partial charge < -0.3 is 20.0 Å². The van der Waals surface area contributed by atoms with Gasteiger partial charge in [0.25, 0.3) is 0 Å². The largest absolute Gasteiger partial charge is 0.357 e. The Hall–Kier alpha value is -3.20. The van der Waals surface area contributed by atoms with Crippen LogP contribution < -0.4 is 10.2 Å². The summed E-state index contributed by atoms with van der Waals surface area (Å²) in [7, 11) is 4.32. The molecule has 2 unspecified atom stereocenters. The number of amidine groups is 1. The van der Waals surface area contributed by atoms with E-state index in [1.165, 1.54) is 37.3 Å². The Bertz CT molecular complexity index is 1390. The lowest BCUT2D eigenvalue weighted by Crippen LogP contribution is -2.47. The number of para-hydroxylation sites is 2. The fraction of sp³-hybridized carbons (Fsp3) is 0.394. The topological polar surface area (TPSA) is 46.5 Å². The summed E-state index contributed by atoms with van der Waals surface area (Å²) in [6.07, 6.45) is 7.11. The second kappa shape index (κ2) is 14.1. The summed E-state index contributed by atoms with van der Waals surface area (Å²) < 4.78 is 0. The van der Waals surface area contributed by atoms with Gasteiger partial charge in [0.15, 0.2) is 0 Å². The van der Waals surface area contributed by atoms with Gasteiger partial charge in [-0.1, -0.05) is 44.6 Å². The van der Waals surface area contributed by atoms with Crippen LogP contribution in [0.25, 0.3) is 0 Å². The number of thiophene rings is 2. The lowest BCUT2D eigenvalue weighted by molar-refractivity contribution is 0.215. The number of nitrogens with one attached hydrogen (secondary N) is 1. The molecule has 3 aliphatic rings. The van der Waals surface area contributed by atoms with Crippen molar-refractivity contribution in [1.82, 2.24) is 9.80 Å². The number of nitrogens with zero attached hydrogens (tertiary/aromatic N) is 5. The third kappa shape index (κ3) is 7.18. The van der Waals surface area contributed by atoms with E-state index in [0.29, 0.717) is 0 Å². The van der Waals surface area contributed by atoms with E-state index in [2.05, 4.69) is 98.2 Å². The van der Waals surface area contributed by atoms with Gasteiger partial charge in [-0.25, -0.2) is 0 Å². The molecular weight excluding hydrogens is 545 g/mol. The van der Waals surface area contributed by atoms with Crippen molar-refractivity contribution in [2.24, 2.45) is 9.98 Å². The zero-order valence-electron chi connectivity index (χ0n) is 25.4. The van der Waals surface area contributed by atoms with E-state index in [1.807, 2.05) is 47.9 Å². The Kier molecular flexibility index (Phi) is 10.6. The first-order chi connectivity index (χ1) is 19.8. The number of fused-ring (bicyclic) bond motifs is 3. The zero-order chi connectivity index (χ0) is 29.5. The smallest absolute Gasteiger partial charge is 0.134 e. The molecule has 8 heteroatoms. The second-order valence-corrected chi connectivity index (χ2v) is 13.1. The molecule has 0 saturated carbocycles. The van der Waals surface area contributed by atoms with Crippen LogP contribution in [0.2, 0.25) is 0 Å². The zero-order valence-corrected chi connectivity index (χ0v) is 27.0. The van der Waals surface area contributed by atoms with Crippen molar-refractivity contribution < 1.29 is 0 Å². The van der Waals surface area contributed by atoms with Gasteiger partial charge in [0.1, 0.15) is 15.8 Å². The molecule has 2 aromatic heterocycles. The van der Waals surface area contributed by atoms with Gasteiger partial charge in [-0.3, -0.25) is 9.98 Å². The highest BCUT2D eigenvalue weighted by Crippen LogP contribution is 2.37. The third-order valence-electron chi connectivity index (χ3n) is 7.13. The number of benzene rings is 1. The van der Waals surface area contributed by atoms with Crippen molar-refractivity contribution in [2.75, 3.05) is 50.5 Å². The molecule has 1 saturated heterocycles. The van der Waals surface area contributed by atoms with E-state index in [0.717, 1.165) is 43.4 Å². The highest BCUT2D eigenvalue weighted by Gasteiger charge is 2.32. The van der Waals surface area contributed by atoms with Gasteiger partial charge in [-0.05, 0) is 45.2 Å². The van der Waals surface area contributed by atoms with Gasteiger partial charge in [0.05, 0.1) is 29.0 Å². The molecule has 3 aliphatic heterocycles. The Balaban J connectivity index is 0.000000184. The van der Waals surface area contributed by atoms with E-state index in [9.17, 15) is 0 Å². The first-order valence-electron chi connectivity index (χ1n) is 14.4. The van der Waals surface area contributed by atoms with Gasteiger partial charge in [-0.15, -0.1) is 35.8 Å². The predicted molar refractivity (Wildman–Crippen MR) is 183 cm³/mol. The van der Waals surface area contributed by atoms with Crippen molar-refractivity contribution in [1.29, 1.82) is 0 Å². The predicted octanol–water partition coefficient (Wildman–Crippen LogP) is 7.89. The Morgan fingerprint density at radius 2 is 1.66 bits per heavy atom. The monoisotopic (exact) mass is 588 g/mol. The van der Waals surface area contributed by atoms with Crippen LogP contribution in [0.15, 0.2) is 71.7 Å². The maximum Gasteiger partial charge on any atom is 0.134 e. The minimum absolute atomic E-state index is 0.0343. The van der Waals surface area contributed by atoms with E-state index in [-0.39, 0.29) is 12.1 Å². The van der Waals surface area contributed by atoms with Crippen LogP contribution in [-0.4, -0.2) is 74.2 Å². The molecule has 0 radical (unpaired) electrons. The first-order valence-corrected chi connectivity index (χ1v) is 16.0. The van der Waals surface area contributed by atoms with E-state index >= 15 is 0 Å². The molecule has 6 nitrogen and oxygen atoms in total. The lowest BCUT2D eigenvalue weighted by atomic mass is 10.1. The summed E-state index contributed by atoms with van der Waals surface area (Å²) in [5.74, 6) is 1.12. The van der Waals surface area contributed by atoms with Gasteiger partial charge in [0, 0.05) is 54.8 Å². The van der Waals surface area contributed by atoms with Crippen molar-refractivity contribution in [3.8, 4) is 0 Å². The highest BCUT2D eigenvalue weighted by atomic mass is 32.1. The Morgan fingerprint density at radius 3 is 2.34 bits per heavy atom. The van der Waals surface area contributed by atoms with Crippen LogP contribution in [0.4, 0.5) is 21.4 Å². The van der Waals surface area contributed by atoms with Gasteiger partial charge in [-0.2, -0.15) is 0 Å². The summed E-state index contributed by atoms with van der Waals surface area (Å²) in [5.41, 5.74) is 4.51. The average molecular weight is 589 g/mol. The van der Waals surface area contributed by atoms with Crippen molar-refractivity contribution in [3.05, 3.63) is 82.6 Å². The van der Waals surface area contributed by atoms with Crippen LogP contribution in [-0.2, 0) is 0 Å². The number of rotatable bonds is 2. The maximum absolute atomic E-state index is 5.10. The number of likely N-dealkylation sites (N-methyl/N-ethyl adjacent to an activating group) is 2. The van der Waals surface area contributed by atoms with Gasteiger partial charge >= 0.3 is 0 Å². The molecule has 0 bridgehead atoms. The highest BCUT2D eigenvalue weighted by molar-refractivity contribution is 7.16. The summed E-state index contributed by atoms with van der Waals surface area (Å²) in [4.78, 5) is 19.3. The minimum Gasteiger partial charge on any atom is -0.357 e. The molecule has 2 atom stereocenters. The second-order valence-electron chi connectivity index (χ2n) is 10.6. The molecular formula is C33H44N6S2. The van der Waals surface area contributed by atoms with Crippen molar-refractivity contribution in [3.63, 3.8) is 0 Å². The Morgan fingerprint density at radius 1 is 0.976 bits per heavy atom. The normalized spacial score (nSPS) is 19.4. The molecule has 41 heavy (non-hydrogen) atoms. The SMILES string of the molecule is C=CC1N=C(N2CCN(C)CC2)c2cc(C)sc2N(C)C1C=C.CCC.Cc1cc2c(s1)Nc1ccccc1N=C2. The standard InChI is InChI=1S/C18H26N4S.C12H10N2S.C3H8/c1-6-15-16(7-2)21(5)18-14(12-13(3)23-18)17(19-15)22-10-8-20(4)9-11-22;1-8-6-9-7-13-10-4-2-3-5-11(10)14-12(9)15-8;1-3-2/h6-7,12,15-16H,1-2,8-11H2,3-5H3;2-7,14H,1H3;3H2,1-2H3. The van der Waals surface area contributed by atoms with Crippen molar-refractivity contribution >= 4 is 56.1 Å². The molecule has 5 heterocycles. The molecule has 0 amide bonds. The summed E-state index contributed by atoms with van der Waals surface area (Å²) >= 11 is 3.60. The van der Waals surface area contributed by atoms with Crippen LogP contribution >= 0.6 is 22.7 Å². The number of anilines is 3. The lowest BCUT2D eigenvalue weighted by Gasteiger charge is -2.34. The van der Waals surface area contributed by atoms with Crippen LogP contribution in [0.3, 0.4) is 0 Å². The molecule has 218 valence electrons. The summed E-state index contributed by atoms with van der Waals surface area (Å²) in [6, 6.07) is 12.7. The maximum atomic E-state index is 5.10. The summed E-state index contributed by atoms with van der Waals surface area (Å²) in [6.45, 7) is 20.8. The molecule has 1 fully saturated rings. The number of hydrogen-bond donors (Lipinski definition) is 1. The van der Waals surface area contributed by atoms with E-state index < -0.39 is 0 Å². The first kappa shape index (κ1) is 30.8. The van der Waals surface area contributed by atoms with Crippen LogP contribution in [0, 0.1) is 13.8 Å². The van der Waals surface area contributed by atoms with Crippen LogP contribution in [0.1, 0.15) is 41.1 Å². The third-order valence-corrected chi connectivity index (χ3v) is 9.25. The quantitative estimate of drug-likeness (QED) is 0.242. The fourth-order valence-corrected chi connectivity index (χ4v) is 6.92. The molecule has 1 aromatic carbocycles. The molecule has 0 aliphatic carbocycles. The molecule has 0 spiro atoms. The van der Waals surface area contributed by atoms with Crippen LogP contribution in [0.5, 0.6) is 0 Å². The van der Waals surface area contributed by atoms with E-state index in [1.54, 1.807) is 11.3 Å². The average Bonchev–Trinajstić information content (AvgIpc) is 3.44. The van der Waals surface area contributed by atoms with E-state index in [4.69, 9.17) is 4.99 Å². The molecule has 6 rings (SSSR count). The number of aryl methyl sites for hydroxylation is 2. The van der Waals surface area contributed by atoms with Gasteiger partial charge in [0.2, 0.25) is 0 Å². The molecule has 1 N–H and O–H groups in total. The Labute approximate surface area is 254 Å². The minimum atomic E-state index is 0.0343. The number of aliphatic imine (C=N–C) groups is 2. The number of hydrogen-bond acceptors (Lipinski definition) is 8. The fourth-order valence-electron chi connectivity index (χ4n) is 5.02. The number of piperazine rings is 1. The summed E-state index contributed by atoms with van der Waals surface area (Å²) in [5, 5.41) is 5.89.